The van der Waals surface area contributed by atoms with Crippen molar-refractivity contribution in [1.82, 2.24) is 25.4 Å². The summed E-state index contributed by atoms with van der Waals surface area (Å²) < 4.78 is 0. The van der Waals surface area contributed by atoms with Crippen LogP contribution in [0.1, 0.15) is 45.5 Å². The van der Waals surface area contributed by atoms with Crippen molar-refractivity contribution >= 4 is 34.7 Å². The Balaban J connectivity index is 1.09. The zero-order valence-electron chi connectivity index (χ0n) is 21.2. The molecule has 4 aromatic rings. The predicted octanol–water partition coefficient (Wildman–Crippen LogP) is 3.95. The van der Waals surface area contributed by atoms with Gasteiger partial charge in [-0.2, -0.15) is 0 Å². The van der Waals surface area contributed by atoms with E-state index in [4.69, 9.17) is 0 Å². The topological polar surface area (TPSA) is 114 Å². The quantitative estimate of drug-likeness (QED) is 0.348. The third-order valence-electron chi connectivity index (χ3n) is 6.49. The van der Waals surface area contributed by atoms with Gasteiger partial charge in [0.05, 0.1) is 12.8 Å². The number of benzene rings is 1. The summed E-state index contributed by atoms with van der Waals surface area (Å²) in [6.07, 6.45) is 6.23. The van der Waals surface area contributed by atoms with Crippen LogP contribution in [0.2, 0.25) is 0 Å². The number of ketones is 1. The molecule has 0 saturated carbocycles. The molecule has 4 heterocycles. The Hall–Kier alpha value is -4.05. The average Bonchev–Trinajstić information content (AvgIpc) is 3.38. The second kappa shape index (κ2) is 12.0. The Morgan fingerprint density at radius 3 is 2.53 bits per heavy atom. The summed E-state index contributed by atoms with van der Waals surface area (Å²) in [5, 5.41) is 21.8. The molecule has 0 spiro atoms. The first kappa shape index (κ1) is 25.6. The molecule has 3 aromatic heterocycles. The highest BCUT2D eigenvalue weighted by Crippen LogP contribution is 2.31. The highest BCUT2D eigenvalue weighted by Gasteiger charge is 2.25. The van der Waals surface area contributed by atoms with Crippen molar-refractivity contribution in [1.29, 1.82) is 0 Å². The molecule has 1 fully saturated rings. The van der Waals surface area contributed by atoms with Crippen molar-refractivity contribution in [3.05, 3.63) is 87.6 Å². The lowest BCUT2D eigenvalue weighted by Crippen LogP contribution is -2.33. The normalized spacial score (nSPS) is 13.9. The number of nitrogens with zero attached hydrogens (tertiary/aromatic N) is 6. The minimum Gasteiger partial charge on any atom is -0.355 e. The van der Waals surface area contributed by atoms with Gasteiger partial charge in [0, 0.05) is 37.8 Å². The summed E-state index contributed by atoms with van der Waals surface area (Å²) in [6.45, 7) is 3.66. The van der Waals surface area contributed by atoms with Crippen LogP contribution in [-0.2, 0) is 28.9 Å². The van der Waals surface area contributed by atoms with Crippen LogP contribution in [0.4, 0.5) is 11.6 Å². The van der Waals surface area contributed by atoms with E-state index in [0.29, 0.717) is 31.0 Å². The molecule has 1 saturated heterocycles. The molecular weight excluding hydrogens is 498 g/mol. The molecule has 1 aliphatic heterocycles. The van der Waals surface area contributed by atoms with Gasteiger partial charge >= 0.3 is 0 Å². The van der Waals surface area contributed by atoms with Gasteiger partial charge in [-0.25, -0.2) is 0 Å². The smallest absolute Gasteiger partial charge is 0.229 e. The highest BCUT2D eigenvalue weighted by molar-refractivity contribution is 7.11. The summed E-state index contributed by atoms with van der Waals surface area (Å²) in [6, 6.07) is 15.3. The van der Waals surface area contributed by atoms with E-state index < -0.39 is 0 Å². The van der Waals surface area contributed by atoms with Crippen molar-refractivity contribution in [2.75, 3.05) is 23.3 Å². The Labute approximate surface area is 225 Å². The van der Waals surface area contributed by atoms with Crippen molar-refractivity contribution in [3.8, 4) is 0 Å². The number of carbonyl (C=O) groups is 2. The van der Waals surface area contributed by atoms with Crippen LogP contribution in [0.5, 0.6) is 0 Å². The monoisotopic (exact) mass is 527 g/mol. The fourth-order valence-electron chi connectivity index (χ4n) is 4.58. The summed E-state index contributed by atoms with van der Waals surface area (Å²) in [7, 11) is 0. The second-order valence-corrected chi connectivity index (χ2v) is 10.6. The first-order valence-electron chi connectivity index (χ1n) is 12.7. The first-order valence-corrected chi connectivity index (χ1v) is 13.5. The van der Waals surface area contributed by atoms with E-state index in [0.717, 1.165) is 58.5 Å². The maximum Gasteiger partial charge on any atom is 0.229 e. The molecule has 0 unspecified atom stereocenters. The Morgan fingerprint density at radius 1 is 0.947 bits per heavy atom. The molecule has 0 bridgehead atoms. The van der Waals surface area contributed by atoms with Crippen molar-refractivity contribution in [3.63, 3.8) is 0 Å². The van der Waals surface area contributed by atoms with Gasteiger partial charge in [-0.15, -0.1) is 31.7 Å². The lowest BCUT2D eigenvalue weighted by atomic mass is 9.98. The molecule has 1 aromatic carbocycles. The Morgan fingerprint density at radius 2 is 1.79 bits per heavy atom. The van der Waals surface area contributed by atoms with Crippen LogP contribution >= 0.6 is 11.3 Å². The zero-order chi connectivity index (χ0) is 26.3. The highest BCUT2D eigenvalue weighted by atomic mass is 32.1. The summed E-state index contributed by atoms with van der Waals surface area (Å²) in [5.74, 6) is 1.55. The third kappa shape index (κ3) is 6.83. The van der Waals surface area contributed by atoms with Gasteiger partial charge in [0.15, 0.2) is 11.6 Å². The number of Topliss-reactive ketones (excluding diaryl/α,β-unsaturated/α-hetero) is 1. The molecule has 38 heavy (non-hydrogen) atoms. The zero-order valence-corrected chi connectivity index (χ0v) is 22.0. The number of anilines is 2. The van der Waals surface area contributed by atoms with Crippen LogP contribution in [0.25, 0.3) is 0 Å². The fourth-order valence-corrected chi connectivity index (χ4v) is 5.62. The number of rotatable bonds is 9. The Bertz CT molecular complexity index is 1380. The molecule has 1 N–H and O–H groups in total. The lowest BCUT2D eigenvalue weighted by molar-refractivity contribution is -0.118. The van der Waals surface area contributed by atoms with Crippen LogP contribution in [0.3, 0.4) is 0 Å². The van der Waals surface area contributed by atoms with Crippen LogP contribution in [-0.4, -0.2) is 50.2 Å². The molecular formula is C28H29N7O2S. The number of carbonyl (C=O) groups excluding carboxylic acids is 2. The predicted molar refractivity (Wildman–Crippen MR) is 146 cm³/mol. The number of hydrogen-bond acceptors (Lipinski definition) is 9. The Kier molecular flexibility index (Phi) is 8.08. The van der Waals surface area contributed by atoms with Crippen LogP contribution in [0.15, 0.2) is 60.9 Å². The third-order valence-corrected chi connectivity index (χ3v) is 7.57. The van der Waals surface area contributed by atoms with Crippen LogP contribution < -0.4 is 10.2 Å². The van der Waals surface area contributed by atoms with Crippen LogP contribution in [0, 0.1) is 6.92 Å². The summed E-state index contributed by atoms with van der Waals surface area (Å²) in [5.41, 5.74) is 3.01. The van der Waals surface area contributed by atoms with Gasteiger partial charge in [0.25, 0.3) is 0 Å². The minimum atomic E-state index is -0.117. The molecule has 0 radical (unpaired) electrons. The molecule has 1 amide bonds. The van der Waals surface area contributed by atoms with E-state index >= 15 is 0 Å². The maximum absolute atomic E-state index is 12.4. The molecule has 9 nitrogen and oxygen atoms in total. The second-order valence-electron chi connectivity index (χ2n) is 9.54. The average molecular weight is 528 g/mol. The maximum atomic E-state index is 12.4. The summed E-state index contributed by atoms with van der Waals surface area (Å²) in [4.78, 5) is 31.0. The van der Waals surface area contributed by atoms with E-state index in [1.54, 1.807) is 18.5 Å². The number of aromatic nitrogens is 5. The standard InChI is InChI=1S/C28H29N7O2S/c1-19-4-2-5-20(14-19)16-26(37)30-24-7-8-25(32-31-24)35-12-9-22(10-13-35)28-34-33-27(38-28)17-23(36)15-21-6-3-11-29-18-21/h2-8,11,14,18,22H,9-10,12-13,15-17H2,1H3,(H,30,31,37). The van der Waals surface area contributed by atoms with Crippen molar-refractivity contribution in [2.45, 2.75) is 44.9 Å². The largest absolute Gasteiger partial charge is 0.355 e. The van der Waals surface area contributed by atoms with Gasteiger partial charge in [-0.1, -0.05) is 35.9 Å². The van der Waals surface area contributed by atoms with Crippen molar-refractivity contribution in [2.24, 2.45) is 0 Å². The summed E-state index contributed by atoms with van der Waals surface area (Å²) >= 11 is 1.54. The van der Waals surface area contributed by atoms with E-state index in [-0.39, 0.29) is 11.7 Å². The molecule has 10 heteroatoms. The lowest BCUT2D eigenvalue weighted by Gasteiger charge is -2.31. The number of amides is 1. The van der Waals surface area contributed by atoms with Gasteiger partial charge in [0.1, 0.15) is 15.8 Å². The molecule has 194 valence electrons. The molecule has 0 atom stereocenters. The number of piperidine rings is 1. The first-order chi connectivity index (χ1) is 18.5. The number of pyridine rings is 1. The number of hydrogen-bond donors (Lipinski definition) is 1. The van der Waals surface area contributed by atoms with E-state index in [1.165, 1.54) is 11.3 Å². The number of aryl methyl sites for hydroxylation is 1. The van der Waals surface area contributed by atoms with E-state index in [1.807, 2.05) is 49.4 Å². The van der Waals surface area contributed by atoms with Crippen molar-refractivity contribution < 1.29 is 9.59 Å². The number of nitrogens with one attached hydrogen (secondary N) is 1. The van der Waals surface area contributed by atoms with Gasteiger partial charge in [-0.05, 0) is 49.1 Å². The van der Waals surface area contributed by atoms with Gasteiger partial charge in [0.2, 0.25) is 5.91 Å². The molecule has 5 rings (SSSR count). The van der Waals surface area contributed by atoms with E-state index in [2.05, 4.69) is 35.6 Å². The molecule has 1 aliphatic rings. The van der Waals surface area contributed by atoms with Gasteiger partial charge < -0.3 is 10.2 Å². The SMILES string of the molecule is Cc1cccc(CC(=O)Nc2ccc(N3CCC(c4nnc(CC(=O)Cc5cccnc5)s4)CC3)nn2)c1. The van der Waals surface area contributed by atoms with Gasteiger partial charge in [-0.3, -0.25) is 14.6 Å². The minimum absolute atomic E-state index is 0.115. The fraction of sp³-hybridized carbons (Fsp3) is 0.321. The molecule has 0 aliphatic carbocycles. The van der Waals surface area contributed by atoms with E-state index in [9.17, 15) is 9.59 Å².